The Balaban J connectivity index is 1.48. The highest BCUT2D eigenvalue weighted by molar-refractivity contribution is 5.95. The summed E-state index contributed by atoms with van der Waals surface area (Å²) in [6, 6.07) is 21.2. The number of carbonyl (C=O) groups excluding carboxylic acids is 1. The predicted octanol–water partition coefficient (Wildman–Crippen LogP) is 4.82. The highest BCUT2D eigenvalue weighted by Crippen LogP contribution is 2.29. The van der Waals surface area contributed by atoms with E-state index in [0.717, 1.165) is 33.7 Å². The summed E-state index contributed by atoms with van der Waals surface area (Å²) in [5, 5.41) is 3.02. The van der Waals surface area contributed by atoms with E-state index < -0.39 is 0 Å². The number of hydrogen-bond acceptors (Lipinski definition) is 4. The van der Waals surface area contributed by atoms with E-state index in [4.69, 9.17) is 9.47 Å². The van der Waals surface area contributed by atoms with E-state index in [9.17, 15) is 4.79 Å². The van der Waals surface area contributed by atoms with Crippen LogP contribution < -0.4 is 14.8 Å². The molecule has 0 atom stereocenters. The maximum absolute atomic E-state index is 12.6. The Bertz CT molecular complexity index is 1150. The van der Waals surface area contributed by atoms with Gasteiger partial charge in [0.05, 0.1) is 30.9 Å². The number of aryl methyl sites for hydroxylation is 1. The first-order valence-electron chi connectivity index (χ1n) is 9.73. The first-order valence-corrected chi connectivity index (χ1v) is 9.73. The number of anilines is 1. The summed E-state index contributed by atoms with van der Waals surface area (Å²) >= 11 is 0. The lowest BCUT2D eigenvalue weighted by atomic mass is 10.1. The van der Waals surface area contributed by atoms with Crippen molar-refractivity contribution in [2.45, 2.75) is 12.8 Å². The zero-order valence-corrected chi connectivity index (χ0v) is 16.9. The molecule has 3 aromatic carbocycles. The van der Waals surface area contributed by atoms with Gasteiger partial charge in [-0.1, -0.05) is 30.3 Å². The molecule has 4 rings (SSSR count). The molecule has 0 aliphatic heterocycles. The van der Waals surface area contributed by atoms with E-state index in [1.807, 2.05) is 66.7 Å². The summed E-state index contributed by atoms with van der Waals surface area (Å²) < 4.78 is 10.6. The van der Waals surface area contributed by atoms with Crippen molar-refractivity contribution in [3.8, 4) is 22.9 Å². The zero-order chi connectivity index (χ0) is 20.9. The van der Waals surface area contributed by atoms with Gasteiger partial charge in [0.15, 0.2) is 11.5 Å². The monoisotopic (exact) mass is 401 g/mol. The number of imidazole rings is 1. The number of aromatic nitrogens is 2. The van der Waals surface area contributed by atoms with Crippen LogP contribution in [-0.2, 0) is 11.2 Å². The number of aromatic amines is 1. The summed E-state index contributed by atoms with van der Waals surface area (Å²) in [6.07, 6.45) is 0.947. The second-order valence-corrected chi connectivity index (χ2v) is 6.89. The maximum atomic E-state index is 12.6. The van der Waals surface area contributed by atoms with Gasteiger partial charge in [-0.05, 0) is 48.4 Å². The summed E-state index contributed by atoms with van der Waals surface area (Å²) in [5.74, 6) is 2.00. The van der Waals surface area contributed by atoms with Gasteiger partial charge in [0.25, 0.3) is 0 Å². The first-order chi connectivity index (χ1) is 14.7. The van der Waals surface area contributed by atoms with Gasteiger partial charge in [-0.25, -0.2) is 4.98 Å². The number of methoxy groups -OCH3 is 2. The van der Waals surface area contributed by atoms with Crippen molar-refractivity contribution in [3.63, 3.8) is 0 Å². The molecule has 0 saturated heterocycles. The van der Waals surface area contributed by atoms with E-state index in [0.29, 0.717) is 24.3 Å². The Morgan fingerprint density at radius 1 is 0.967 bits per heavy atom. The average molecular weight is 401 g/mol. The molecule has 0 bridgehead atoms. The number of hydrogen-bond donors (Lipinski definition) is 2. The Hall–Kier alpha value is -3.80. The number of amides is 1. The lowest BCUT2D eigenvalue weighted by Gasteiger charge is -2.11. The molecule has 0 radical (unpaired) electrons. The Kier molecular flexibility index (Phi) is 5.66. The van der Waals surface area contributed by atoms with Gasteiger partial charge in [-0.15, -0.1) is 0 Å². The normalized spacial score (nSPS) is 10.7. The molecule has 0 saturated carbocycles. The van der Waals surface area contributed by atoms with Gasteiger partial charge in [0.1, 0.15) is 5.82 Å². The Morgan fingerprint density at radius 2 is 1.73 bits per heavy atom. The molecule has 0 fully saturated rings. The van der Waals surface area contributed by atoms with Gasteiger partial charge in [-0.2, -0.15) is 0 Å². The van der Waals surface area contributed by atoms with Crippen LogP contribution >= 0.6 is 0 Å². The molecule has 1 aromatic heterocycles. The topological polar surface area (TPSA) is 76.2 Å². The van der Waals surface area contributed by atoms with Gasteiger partial charge < -0.3 is 19.8 Å². The summed E-state index contributed by atoms with van der Waals surface area (Å²) in [7, 11) is 3.20. The Labute approximate surface area is 174 Å². The molecule has 1 heterocycles. The van der Waals surface area contributed by atoms with Crippen LogP contribution in [0.2, 0.25) is 0 Å². The van der Waals surface area contributed by atoms with Gasteiger partial charge in [0.2, 0.25) is 5.91 Å². The Morgan fingerprint density at radius 3 is 2.53 bits per heavy atom. The first kappa shape index (κ1) is 19.5. The number of nitrogens with one attached hydrogen (secondary N) is 2. The zero-order valence-electron chi connectivity index (χ0n) is 16.9. The maximum Gasteiger partial charge on any atom is 0.224 e. The van der Waals surface area contributed by atoms with Crippen LogP contribution in [0, 0.1) is 0 Å². The summed E-state index contributed by atoms with van der Waals surface area (Å²) in [6.45, 7) is 0. The fraction of sp³-hybridized carbons (Fsp3) is 0.167. The number of H-pyrrole nitrogens is 1. The van der Waals surface area contributed by atoms with Crippen LogP contribution in [-0.4, -0.2) is 30.1 Å². The second-order valence-electron chi connectivity index (χ2n) is 6.89. The molecular weight excluding hydrogens is 378 g/mol. The van der Waals surface area contributed by atoms with Crippen molar-refractivity contribution in [2.75, 3.05) is 19.5 Å². The fourth-order valence-electron chi connectivity index (χ4n) is 3.39. The molecule has 2 N–H and O–H groups in total. The molecule has 0 spiro atoms. The second kappa shape index (κ2) is 8.69. The molecular formula is C24H23N3O3. The SMILES string of the molecule is COc1ccc(CCC(=O)Nc2ccccc2-c2nc3ccccc3[nH]2)cc1OC. The predicted molar refractivity (Wildman–Crippen MR) is 118 cm³/mol. The van der Waals surface area contributed by atoms with Crippen molar-refractivity contribution in [1.82, 2.24) is 9.97 Å². The molecule has 4 aromatic rings. The van der Waals surface area contributed by atoms with Gasteiger partial charge >= 0.3 is 0 Å². The lowest BCUT2D eigenvalue weighted by Crippen LogP contribution is -2.13. The van der Waals surface area contributed by atoms with Crippen molar-refractivity contribution in [3.05, 3.63) is 72.3 Å². The van der Waals surface area contributed by atoms with Gasteiger partial charge in [0, 0.05) is 12.0 Å². The number of carbonyl (C=O) groups is 1. The van der Waals surface area contributed by atoms with Crippen LogP contribution in [0.15, 0.2) is 66.7 Å². The van der Waals surface area contributed by atoms with E-state index in [1.54, 1.807) is 14.2 Å². The molecule has 0 unspecified atom stereocenters. The van der Waals surface area contributed by atoms with Crippen LogP contribution in [0.4, 0.5) is 5.69 Å². The van der Waals surface area contributed by atoms with Crippen LogP contribution in [0.3, 0.4) is 0 Å². The number of benzene rings is 3. The highest BCUT2D eigenvalue weighted by atomic mass is 16.5. The van der Waals surface area contributed by atoms with Crippen molar-refractivity contribution in [2.24, 2.45) is 0 Å². The average Bonchev–Trinajstić information content (AvgIpc) is 3.22. The number of rotatable bonds is 7. The standard InChI is InChI=1S/C24H23N3O3/c1-29-21-13-11-16(15-22(21)30-2)12-14-23(28)25-18-8-4-3-7-17(18)24-26-19-9-5-6-10-20(19)27-24/h3-11,13,15H,12,14H2,1-2H3,(H,25,28)(H,26,27). The number of ether oxygens (including phenoxy) is 2. The molecule has 0 aliphatic carbocycles. The molecule has 6 nitrogen and oxygen atoms in total. The van der Waals surface area contributed by atoms with Gasteiger partial charge in [-0.3, -0.25) is 4.79 Å². The molecule has 30 heavy (non-hydrogen) atoms. The number of nitrogens with zero attached hydrogens (tertiary/aromatic N) is 1. The largest absolute Gasteiger partial charge is 0.493 e. The quantitative estimate of drug-likeness (QED) is 0.466. The van der Waals surface area contributed by atoms with Crippen molar-refractivity contribution >= 4 is 22.6 Å². The van der Waals surface area contributed by atoms with Crippen LogP contribution in [0.5, 0.6) is 11.5 Å². The summed E-state index contributed by atoms with van der Waals surface area (Å²) in [4.78, 5) is 20.6. The van der Waals surface area contributed by atoms with Crippen molar-refractivity contribution < 1.29 is 14.3 Å². The smallest absolute Gasteiger partial charge is 0.224 e. The minimum Gasteiger partial charge on any atom is -0.493 e. The van der Waals surface area contributed by atoms with E-state index in [2.05, 4.69) is 15.3 Å². The molecule has 1 amide bonds. The molecule has 0 aliphatic rings. The minimum atomic E-state index is -0.0617. The third kappa shape index (κ3) is 4.12. The number of para-hydroxylation sites is 3. The molecule has 6 heteroatoms. The van der Waals surface area contributed by atoms with Crippen LogP contribution in [0.1, 0.15) is 12.0 Å². The lowest BCUT2D eigenvalue weighted by molar-refractivity contribution is -0.116. The number of fused-ring (bicyclic) bond motifs is 1. The van der Waals surface area contributed by atoms with E-state index >= 15 is 0 Å². The van der Waals surface area contributed by atoms with E-state index in [1.165, 1.54) is 0 Å². The summed E-state index contributed by atoms with van der Waals surface area (Å²) in [5.41, 5.74) is 4.44. The fourth-order valence-corrected chi connectivity index (χ4v) is 3.39. The third-order valence-corrected chi connectivity index (χ3v) is 4.93. The molecule has 152 valence electrons. The van der Waals surface area contributed by atoms with Crippen LogP contribution in [0.25, 0.3) is 22.4 Å². The minimum absolute atomic E-state index is 0.0617. The highest BCUT2D eigenvalue weighted by Gasteiger charge is 2.12. The van der Waals surface area contributed by atoms with Crippen molar-refractivity contribution in [1.29, 1.82) is 0 Å². The third-order valence-electron chi connectivity index (χ3n) is 4.93. The van der Waals surface area contributed by atoms with E-state index in [-0.39, 0.29) is 5.91 Å².